The minimum atomic E-state index is -0.726. The number of nitro benzene ring substituents is 1. The molecule has 1 aromatic rings. The molecule has 0 N–H and O–H groups in total. The summed E-state index contributed by atoms with van der Waals surface area (Å²) in [5, 5.41) is 10.8. The van der Waals surface area contributed by atoms with E-state index in [-0.39, 0.29) is 69.4 Å². The Labute approximate surface area is 193 Å². The van der Waals surface area contributed by atoms with E-state index in [1.807, 2.05) is 0 Å². The van der Waals surface area contributed by atoms with E-state index in [1.165, 1.54) is 18.2 Å². The number of carbonyl (C=O) groups excluding carboxylic acids is 4. The van der Waals surface area contributed by atoms with Gasteiger partial charge in [0.05, 0.1) is 23.2 Å². The molecular formula is C20H18Br2N2O7. The standard InChI is InChI=1S/C20H18Br2N2O7/c21-17-11-7-12(18(17)22)16-15(11)19(27)23(20(16)28)5-4-14(26)31-8-13(25)9-2-1-3-10(6-9)24(29)30/h1-3,6,11-12,15-18H,4-5,7-8H2/t11-,12-,15-,16+,17-,18+/m1/s1. The fraction of sp³-hybridized carbons (Fsp3) is 0.500. The zero-order valence-electron chi connectivity index (χ0n) is 16.1. The van der Waals surface area contributed by atoms with Crippen molar-refractivity contribution in [2.75, 3.05) is 13.2 Å². The second-order valence-electron chi connectivity index (χ2n) is 7.97. The van der Waals surface area contributed by atoms with Crippen LogP contribution in [-0.4, -0.2) is 56.2 Å². The van der Waals surface area contributed by atoms with Gasteiger partial charge in [-0.2, -0.15) is 0 Å². The maximum atomic E-state index is 12.8. The summed E-state index contributed by atoms with van der Waals surface area (Å²) in [6.07, 6.45) is 0.609. The van der Waals surface area contributed by atoms with Crippen LogP contribution in [0.1, 0.15) is 23.2 Å². The molecule has 2 aliphatic carbocycles. The van der Waals surface area contributed by atoms with Gasteiger partial charge < -0.3 is 4.74 Å². The number of carbonyl (C=O) groups is 4. The first kappa shape index (κ1) is 22.1. The van der Waals surface area contributed by atoms with Gasteiger partial charge in [0.25, 0.3) is 5.69 Å². The average Bonchev–Trinajstić information content (AvgIpc) is 3.35. The van der Waals surface area contributed by atoms with Crippen LogP contribution in [0.5, 0.6) is 0 Å². The topological polar surface area (TPSA) is 124 Å². The van der Waals surface area contributed by atoms with Gasteiger partial charge in [0, 0.05) is 33.9 Å². The van der Waals surface area contributed by atoms with Crippen LogP contribution in [-0.2, 0) is 19.1 Å². The number of imide groups is 1. The fourth-order valence-corrected chi connectivity index (χ4v) is 6.80. The van der Waals surface area contributed by atoms with E-state index in [9.17, 15) is 29.3 Å². The number of rotatable bonds is 7. The first-order valence-corrected chi connectivity index (χ1v) is 11.6. The Morgan fingerprint density at radius 1 is 1.13 bits per heavy atom. The number of non-ortho nitro benzene ring substituents is 1. The Morgan fingerprint density at radius 3 is 2.32 bits per heavy atom. The number of ketones is 1. The first-order chi connectivity index (χ1) is 14.7. The minimum Gasteiger partial charge on any atom is -0.457 e. The van der Waals surface area contributed by atoms with Crippen LogP contribution >= 0.6 is 31.9 Å². The maximum absolute atomic E-state index is 12.8. The van der Waals surface area contributed by atoms with Crippen LogP contribution in [0.25, 0.3) is 0 Å². The number of hydrogen-bond acceptors (Lipinski definition) is 7. The van der Waals surface area contributed by atoms with Crippen molar-refractivity contribution in [2.45, 2.75) is 22.5 Å². The molecule has 11 heteroatoms. The molecule has 0 spiro atoms. The van der Waals surface area contributed by atoms with Gasteiger partial charge in [0.1, 0.15) is 0 Å². The first-order valence-electron chi connectivity index (χ1n) is 9.77. The quantitative estimate of drug-likeness (QED) is 0.126. The van der Waals surface area contributed by atoms with Crippen molar-refractivity contribution in [3.05, 3.63) is 39.9 Å². The van der Waals surface area contributed by atoms with E-state index in [4.69, 9.17) is 4.74 Å². The Hall–Kier alpha value is -2.14. The van der Waals surface area contributed by atoms with Crippen LogP contribution in [0.15, 0.2) is 24.3 Å². The van der Waals surface area contributed by atoms with Crippen molar-refractivity contribution in [3.63, 3.8) is 0 Å². The largest absolute Gasteiger partial charge is 0.457 e. The highest BCUT2D eigenvalue weighted by Gasteiger charge is 2.66. The molecule has 2 saturated carbocycles. The third kappa shape index (κ3) is 3.82. The van der Waals surface area contributed by atoms with Crippen molar-refractivity contribution < 1.29 is 28.8 Å². The molecule has 3 aliphatic rings. The average molecular weight is 558 g/mol. The predicted octanol–water partition coefficient (Wildman–Crippen LogP) is 2.49. The Bertz CT molecular complexity index is 952. The van der Waals surface area contributed by atoms with Crippen molar-refractivity contribution in [1.82, 2.24) is 4.90 Å². The van der Waals surface area contributed by atoms with Crippen molar-refractivity contribution >= 4 is 61.1 Å². The molecule has 31 heavy (non-hydrogen) atoms. The highest BCUT2D eigenvalue weighted by Crippen LogP contribution is 2.60. The van der Waals surface area contributed by atoms with E-state index >= 15 is 0 Å². The van der Waals surface area contributed by atoms with Gasteiger partial charge in [-0.05, 0) is 18.3 Å². The summed E-state index contributed by atoms with van der Waals surface area (Å²) in [6.45, 7) is -0.665. The molecule has 2 bridgehead atoms. The maximum Gasteiger partial charge on any atom is 0.308 e. The third-order valence-electron chi connectivity index (χ3n) is 6.36. The molecule has 1 aromatic carbocycles. The van der Waals surface area contributed by atoms with Crippen molar-refractivity contribution in [2.24, 2.45) is 23.7 Å². The monoisotopic (exact) mass is 556 g/mol. The number of nitro groups is 1. The molecule has 6 atom stereocenters. The summed E-state index contributed by atoms with van der Waals surface area (Å²) in [7, 11) is 0. The van der Waals surface area contributed by atoms with E-state index < -0.39 is 23.3 Å². The summed E-state index contributed by atoms with van der Waals surface area (Å²) in [6, 6.07) is 5.13. The zero-order chi connectivity index (χ0) is 22.4. The highest BCUT2D eigenvalue weighted by atomic mass is 79.9. The molecule has 1 heterocycles. The molecule has 4 rings (SSSR count). The molecule has 0 unspecified atom stereocenters. The predicted molar refractivity (Wildman–Crippen MR) is 114 cm³/mol. The lowest BCUT2D eigenvalue weighted by molar-refractivity contribution is -0.384. The number of Topliss-reactive ketones (excluding diaryl/α,β-unsaturated/α-hetero) is 1. The van der Waals surface area contributed by atoms with E-state index in [0.717, 1.165) is 17.4 Å². The Morgan fingerprint density at radius 2 is 1.74 bits per heavy atom. The summed E-state index contributed by atoms with van der Waals surface area (Å²) in [5.74, 6) is -2.29. The molecule has 164 valence electrons. The third-order valence-corrected chi connectivity index (χ3v) is 9.57. The van der Waals surface area contributed by atoms with Gasteiger partial charge >= 0.3 is 5.97 Å². The number of benzene rings is 1. The number of halogens is 2. The molecule has 9 nitrogen and oxygen atoms in total. The number of likely N-dealkylation sites (tertiary alicyclic amines) is 1. The van der Waals surface area contributed by atoms with Crippen LogP contribution < -0.4 is 0 Å². The van der Waals surface area contributed by atoms with Gasteiger partial charge in [-0.25, -0.2) is 0 Å². The van der Waals surface area contributed by atoms with Crippen LogP contribution in [0.3, 0.4) is 0 Å². The fourth-order valence-electron chi connectivity index (χ4n) is 4.93. The molecule has 1 aliphatic heterocycles. The van der Waals surface area contributed by atoms with Gasteiger partial charge in [-0.15, -0.1) is 0 Å². The van der Waals surface area contributed by atoms with Gasteiger partial charge in [-0.1, -0.05) is 44.0 Å². The van der Waals surface area contributed by atoms with E-state index in [0.29, 0.717) is 0 Å². The summed E-state index contributed by atoms with van der Waals surface area (Å²) in [5.41, 5.74) is -0.178. The van der Waals surface area contributed by atoms with Crippen LogP contribution in [0.4, 0.5) is 5.69 Å². The second kappa shape index (κ2) is 8.42. The number of amides is 2. The lowest BCUT2D eigenvalue weighted by atomic mass is 9.81. The number of ether oxygens (including phenoxy) is 1. The number of fused-ring (bicyclic) bond motifs is 5. The van der Waals surface area contributed by atoms with E-state index in [2.05, 4.69) is 31.9 Å². The highest BCUT2D eigenvalue weighted by molar-refractivity contribution is 9.12. The molecule has 0 radical (unpaired) electrons. The lowest BCUT2D eigenvalue weighted by Gasteiger charge is -2.28. The summed E-state index contributed by atoms with van der Waals surface area (Å²) < 4.78 is 4.95. The molecule has 3 fully saturated rings. The Kier molecular flexibility index (Phi) is 5.99. The van der Waals surface area contributed by atoms with Crippen molar-refractivity contribution in [1.29, 1.82) is 0 Å². The van der Waals surface area contributed by atoms with Crippen LogP contribution in [0, 0.1) is 33.8 Å². The lowest BCUT2D eigenvalue weighted by Crippen LogP contribution is -2.37. The van der Waals surface area contributed by atoms with E-state index in [1.54, 1.807) is 0 Å². The zero-order valence-corrected chi connectivity index (χ0v) is 19.3. The molecule has 1 saturated heterocycles. The van der Waals surface area contributed by atoms with Gasteiger partial charge in [0.2, 0.25) is 17.6 Å². The SMILES string of the molecule is O=C(CCN1C(=O)[C@@H]2[C@H]3C[C@@H]([C@H](Br)[C@@H]3Br)[C@@H]2C1=O)OCC(=O)c1cccc([N+](=O)[O-])c1. The second-order valence-corrected chi connectivity index (χ2v) is 10.1. The smallest absolute Gasteiger partial charge is 0.308 e. The number of esters is 1. The minimum absolute atomic E-state index is 0.0591. The summed E-state index contributed by atoms with van der Waals surface area (Å²) >= 11 is 7.24. The normalized spacial score (nSPS) is 31.1. The number of hydrogen-bond donors (Lipinski definition) is 0. The number of alkyl halides is 2. The number of nitrogens with zero attached hydrogens (tertiary/aromatic N) is 2. The summed E-state index contributed by atoms with van der Waals surface area (Å²) in [4.78, 5) is 61.4. The molecular weight excluding hydrogens is 540 g/mol. The van der Waals surface area contributed by atoms with Gasteiger partial charge in [0.15, 0.2) is 6.61 Å². The Balaban J connectivity index is 1.30. The molecule has 2 amide bonds. The van der Waals surface area contributed by atoms with Gasteiger partial charge in [-0.3, -0.25) is 34.2 Å². The van der Waals surface area contributed by atoms with Crippen LogP contribution in [0.2, 0.25) is 0 Å². The molecule has 0 aromatic heterocycles. The van der Waals surface area contributed by atoms with Crippen molar-refractivity contribution in [3.8, 4) is 0 Å².